The van der Waals surface area contributed by atoms with Crippen LogP contribution in [-0.4, -0.2) is 36.2 Å². The second-order valence-electron chi connectivity index (χ2n) is 5.82. The Balaban J connectivity index is 2.47. The number of hydrogen-bond donors (Lipinski definition) is 2. The molecule has 19 heavy (non-hydrogen) atoms. The van der Waals surface area contributed by atoms with Crippen LogP contribution in [0.2, 0.25) is 0 Å². The van der Waals surface area contributed by atoms with E-state index in [0.29, 0.717) is 12.3 Å². The van der Waals surface area contributed by atoms with Gasteiger partial charge in [0.2, 0.25) is 5.91 Å². The first kappa shape index (κ1) is 16.0. The van der Waals surface area contributed by atoms with Gasteiger partial charge in [-0.15, -0.1) is 0 Å². The Hall–Kier alpha value is -1.10. The fraction of sp³-hybridized carbons (Fsp3) is 0.857. The van der Waals surface area contributed by atoms with Crippen LogP contribution >= 0.6 is 0 Å². The SMILES string of the molecule is COCC(C)(CC(=O)O)NC(=O)CC1CCCCC1. The highest BCUT2D eigenvalue weighted by Gasteiger charge is 2.30. The summed E-state index contributed by atoms with van der Waals surface area (Å²) in [5.74, 6) is -0.546. The van der Waals surface area contributed by atoms with Gasteiger partial charge >= 0.3 is 5.97 Å². The van der Waals surface area contributed by atoms with Crippen LogP contribution in [0.25, 0.3) is 0 Å². The molecule has 1 amide bonds. The lowest BCUT2D eigenvalue weighted by Crippen LogP contribution is -2.51. The Morgan fingerprint density at radius 2 is 1.95 bits per heavy atom. The number of hydrogen-bond acceptors (Lipinski definition) is 3. The number of aliphatic carboxylic acids is 1. The molecular formula is C14H25NO4. The number of carbonyl (C=O) groups is 2. The van der Waals surface area contributed by atoms with E-state index in [1.165, 1.54) is 26.4 Å². The van der Waals surface area contributed by atoms with Crippen molar-refractivity contribution in [1.82, 2.24) is 5.32 Å². The fourth-order valence-electron chi connectivity index (χ4n) is 2.82. The minimum Gasteiger partial charge on any atom is -0.481 e. The Kier molecular flexibility index (Phi) is 6.28. The van der Waals surface area contributed by atoms with Crippen molar-refractivity contribution in [3.8, 4) is 0 Å². The molecule has 0 saturated heterocycles. The number of amides is 1. The Bertz CT molecular complexity index is 313. The lowest BCUT2D eigenvalue weighted by atomic mass is 9.86. The van der Waals surface area contributed by atoms with Crippen molar-refractivity contribution in [2.75, 3.05) is 13.7 Å². The third-order valence-electron chi connectivity index (χ3n) is 3.64. The molecule has 0 spiro atoms. The van der Waals surface area contributed by atoms with Crippen molar-refractivity contribution in [2.45, 2.75) is 57.4 Å². The number of carboxylic acid groups (broad SMARTS) is 1. The van der Waals surface area contributed by atoms with Gasteiger partial charge in [0, 0.05) is 13.5 Å². The largest absolute Gasteiger partial charge is 0.481 e. The topological polar surface area (TPSA) is 75.6 Å². The molecule has 2 N–H and O–H groups in total. The number of ether oxygens (including phenoxy) is 1. The lowest BCUT2D eigenvalue weighted by Gasteiger charge is -2.30. The van der Waals surface area contributed by atoms with Crippen LogP contribution in [-0.2, 0) is 14.3 Å². The van der Waals surface area contributed by atoms with E-state index in [2.05, 4.69) is 5.32 Å². The summed E-state index contributed by atoms with van der Waals surface area (Å²) >= 11 is 0. The average Bonchev–Trinajstić information content (AvgIpc) is 2.28. The maximum Gasteiger partial charge on any atom is 0.305 e. The smallest absolute Gasteiger partial charge is 0.305 e. The summed E-state index contributed by atoms with van der Waals surface area (Å²) in [4.78, 5) is 22.9. The summed E-state index contributed by atoms with van der Waals surface area (Å²) in [7, 11) is 1.51. The van der Waals surface area contributed by atoms with Crippen LogP contribution in [0.4, 0.5) is 0 Å². The van der Waals surface area contributed by atoms with Gasteiger partial charge in [-0.2, -0.15) is 0 Å². The highest BCUT2D eigenvalue weighted by atomic mass is 16.5. The van der Waals surface area contributed by atoms with E-state index in [0.717, 1.165) is 12.8 Å². The van der Waals surface area contributed by atoms with Crippen molar-refractivity contribution in [3.05, 3.63) is 0 Å². The van der Waals surface area contributed by atoms with Crippen molar-refractivity contribution in [3.63, 3.8) is 0 Å². The highest BCUT2D eigenvalue weighted by molar-refractivity contribution is 5.78. The summed E-state index contributed by atoms with van der Waals surface area (Å²) in [5.41, 5.74) is -0.827. The summed E-state index contributed by atoms with van der Waals surface area (Å²) in [6.45, 7) is 1.92. The zero-order chi connectivity index (χ0) is 14.3. The van der Waals surface area contributed by atoms with Crippen molar-refractivity contribution in [2.24, 2.45) is 5.92 Å². The van der Waals surface area contributed by atoms with E-state index < -0.39 is 11.5 Å². The zero-order valence-electron chi connectivity index (χ0n) is 11.9. The Morgan fingerprint density at radius 3 is 2.47 bits per heavy atom. The molecule has 5 nitrogen and oxygen atoms in total. The summed E-state index contributed by atoms with van der Waals surface area (Å²) < 4.78 is 5.02. The monoisotopic (exact) mass is 271 g/mol. The molecular weight excluding hydrogens is 246 g/mol. The van der Waals surface area contributed by atoms with Gasteiger partial charge in [-0.05, 0) is 25.7 Å². The molecule has 1 fully saturated rings. The van der Waals surface area contributed by atoms with Crippen molar-refractivity contribution < 1.29 is 19.4 Å². The fourth-order valence-corrected chi connectivity index (χ4v) is 2.82. The van der Waals surface area contributed by atoms with E-state index in [-0.39, 0.29) is 18.9 Å². The molecule has 5 heteroatoms. The quantitative estimate of drug-likeness (QED) is 0.742. The first-order chi connectivity index (χ1) is 8.95. The van der Waals surface area contributed by atoms with Crippen LogP contribution in [0.15, 0.2) is 0 Å². The predicted molar refractivity (Wildman–Crippen MR) is 71.9 cm³/mol. The second-order valence-corrected chi connectivity index (χ2v) is 5.82. The molecule has 0 aromatic rings. The van der Waals surface area contributed by atoms with Crippen molar-refractivity contribution in [1.29, 1.82) is 0 Å². The highest BCUT2D eigenvalue weighted by Crippen LogP contribution is 2.26. The van der Waals surface area contributed by atoms with Gasteiger partial charge in [0.25, 0.3) is 0 Å². The van der Waals surface area contributed by atoms with Crippen LogP contribution < -0.4 is 5.32 Å². The number of nitrogens with one attached hydrogen (secondary N) is 1. The lowest BCUT2D eigenvalue weighted by molar-refractivity contribution is -0.139. The molecule has 110 valence electrons. The van der Waals surface area contributed by atoms with E-state index >= 15 is 0 Å². The normalized spacial score (nSPS) is 19.7. The average molecular weight is 271 g/mol. The van der Waals surface area contributed by atoms with E-state index in [1.807, 2.05) is 0 Å². The number of carbonyl (C=O) groups excluding carboxylic acids is 1. The van der Waals surface area contributed by atoms with Crippen LogP contribution in [0.3, 0.4) is 0 Å². The molecule has 0 aliphatic heterocycles. The standard InChI is InChI=1S/C14H25NO4/c1-14(10-19-2,9-13(17)18)15-12(16)8-11-6-4-3-5-7-11/h11H,3-10H2,1-2H3,(H,15,16)(H,17,18). The van der Waals surface area contributed by atoms with Gasteiger partial charge in [-0.3, -0.25) is 9.59 Å². The van der Waals surface area contributed by atoms with Gasteiger partial charge < -0.3 is 15.2 Å². The molecule has 1 unspecified atom stereocenters. The minimum absolute atomic E-state index is 0.0623. The first-order valence-electron chi connectivity index (χ1n) is 6.97. The molecule has 0 radical (unpaired) electrons. The Labute approximate surface area is 114 Å². The molecule has 1 atom stereocenters. The van der Waals surface area contributed by atoms with Gasteiger partial charge in [0.1, 0.15) is 0 Å². The number of carboxylic acids is 1. The minimum atomic E-state index is -0.933. The molecule has 0 aromatic heterocycles. The van der Waals surface area contributed by atoms with Gasteiger partial charge in [0.15, 0.2) is 0 Å². The number of rotatable bonds is 7. The summed E-state index contributed by atoms with van der Waals surface area (Å²) in [6, 6.07) is 0. The van der Waals surface area contributed by atoms with Crippen LogP contribution in [0.1, 0.15) is 51.9 Å². The Morgan fingerprint density at radius 1 is 1.32 bits per heavy atom. The van der Waals surface area contributed by atoms with Crippen molar-refractivity contribution >= 4 is 11.9 Å². The summed E-state index contributed by atoms with van der Waals surface area (Å²) in [5, 5.41) is 11.7. The maximum absolute atomic E-state index is 12.0. The van der Waals surface area contributed by atoms with Crippen LogP contribution in [0.5, 0.6) is 0 Å². The van der Waals surface area contributed by atoms with E-state index in [4.69, 9.17) is 9.84 Å². The van der Waals surface area contributed by atoms with E-state index in [9.17, 15) is 9.59 Å². The summed E-state index contributed by atoms with van der Waals surface area (Å²) in [6.07, 6.45) is 6.24. The third kappa shape index (κ3) is 6.05. The van der Waals surface area contributed by atoms with Gasteiger partial charge in [-0.1, -0.05) is 19.3 Å². The van der Waals surface area contributed by atoms with Gasteiger partial charge in [0.05, 0.1) is 18.6 Å². The second kappa shape index (κ2) is 7.48. The predicted octanol–water partition coefficient (Wildman–Crippen LogP) is 1.95. The zero-order valence-corrected chi connectivity index (χ0v) is 11.9. The molecule has 1 aliphatic carbocycles. The van der Waals surface area contributed by atoms with E-state index in [1.54, 1.807) is 6.92 Å². The van der Waals surface area contributed by atoms with Gasteiger partial charge in [-0.25, -0.2) is 0 Å². The molecule has 1 aliphatic rings. The number of methoxy groups -OCH3 is 1. The molecule has 1 rings (SSSR count). The molecule has 1 saturated carbocycles. The molecule has 0 aromatic carbocycles. The maximum atomic E-state index is 12.0. The van der Waals surface area contributed by atoms with Crippen LogP contribution in [0, 0.1) is 5.92 Å². The molecule has 0 heterocycles. The first-order valence-corrected chi connectivity index (χ1v) is 6.97. The molecule has 0 bridgehead atoms. The third-order valence-corrected chi connectivity index (χ3v) is 3.64.